The molecule has 0 aliphatic rings. The van der Waals surface area contributed by atoms with Crippen molar-refractivity contribution in [2.24, 2.45) is 7.05 Å². The second kappa shape index (κ2) is 10.4. The largest absolute Gasteiger partial charge is 0.497 e. The number of hydrogen-bond acceptors (Lipinski definition) is 5. The van der Waals surface area contributed by atoms with Gasteiger partial charge in [-0.25, -0.2) is 5.48 Å². The molecule has 0 spiro atoms. The number of carbonyl (C=O) groups is 2. The summed E-state index contributed by atoms with van der Waals surface area (Å²) >= 11 is 12.0. The molecular formula is C22H21Cl2N3O5. The van der Waals surface area contributed by atoms with E-state index in [1.807, 2.05) is 12.1 Å². The van der Waals surface area contributed by atoms with Gasteiger partial charge in [-0.2, -0.15) is 0 Å². The Morgan fingerprint density at radius 2 is 1.84 bits per heavy atom. The molecule has 32 heavy (non-hydrogen) atoms. The van der Waals surface area contributed by atoms with Crippen molar-refractivity contribution in [1.82, 2.24) is 15.4 Å². The van der Waals surface area contributed by atoms with Crippen LogP contribution in [0, 0.1) is 0 Å². The van der Waals surface area contributed by atoms with Crippen LogP contribution in [0.3, 0.4) is 0 Å². The number of halogens is 2. The highest BCUT2D eigenvalue weighted by Gasteiger charge is 2.26. The number of nitrogens with zero attached hydrogens (tertiary/aromatic N) is 1. The molecule has 0 fully saturated rings. The van der Waals surface area contributed by atoms with Gasteiger partial charge in [0.05, 0.1) is 17.2 Å². The quantitative estimate of drug-likeness (QED) is 0.336. The van der Waals surface area contributed by atoms with E-state index in [1.165, 1.54) is 10.8 Å². The maximum Gasteiger partial charge on any atom is 0.279 e. The van der Waals surface area contributed by atoms with Crippen molar-refractivity contribution in [3.8, 4) is 11.5 Å². The van der Waals surface area contributed by atoms with Crippen molar-refractivity contribution in [1.29, 1.82) is 0 Å². The van der Waals surface area contributed by atoms with Gasteiger partial charge in [-0.05, 0) is 35.4 Å². The van der Waals surface area contributed by atoms with Gasteiger partial charge in [-0.1, -0.05) is 41.4 Å². The summed E-state index contributed by atoms with van der Waals surface area (Å²) in [7, 11) is 3.16. The van der Waals surface area contributed by atoms with Gasteiger partial charge in [0.1, 0.15) is 23.6 Å². The van der Waals surface area contributed by atoms with Crippen LogP contribution in [-0.4, -0.2) is 28.7 Å². The molecule has 3 N–H and O–H groups in total. The molecule has 0 unspecified atom stereocenters. The first-order valence-corrected chi connectivity index (χ1v) is 10.2. The summed E-state index contributed by atoms with van der Waals surface area (Å²) < 4.78 is 12.5. The molecule has 0 bridgehead atoms. The molecule has 1 heterocycles. The molecule has 0 aliphatic heterocycles. The van der Waals surface area contributed by atoms with Crippen LogP contribution in [0.5, 0.6) is 11.5 Å². The van der Waals surface area contributed by atoms with Crippen LogP contribution < -0.4 is 20.3 Å². The van der Waals surface area contributed by atoms with Gasteiger partial charge in [-0.15, -0.1) is 0 Å². The molecule has 1 aromatic heterocycles. The number of nitrogens with one attached hydrogen (secondary N) is 2. The maximum atomic E-state index is 13.0. The molecule has 0 saturated heterocycles. The third-order valence-electron chi connectivity index (χ3n) is 4.65. The monoisotopic (exact) mass is 477 g/mol. The fourth-order valence-corrected chi connectivity index (χ4v) is 3.39. The number of benzene rings is 2. The lowest BCUT2D eigenvalue weighted by Crippen LogP contribution is -2.25. The van der Waals surface area contributed by atoms with Crippen LogP contribution in [0.1, 0.15) is 32.0 Å². The zero-order valence-corrected chi connectivity index (χ0v) is 18.8. The van der Waals surface area contributed by atoms with E-state index < -0.39 is 11.8 Å². The molecule has 0 atom stereocenters. The van der Waals surface area contributed by atoms with E-state index in [2.05, 4.69) is 5.32 Å². The van der Waals surface area contributed by atoms with Crippen molar-refractivity contribution in [3.63, 3.8) is 0 Å². The van der Waals surface area contributed by atoms with Gasteiger partial charge < -0.3 is 19.4 Å². The lowest BCUT2D eigenvalue weighted by molar-refractivity contribution is 0.0702. The lowest BCUT2D eigenvalue weighted by Gasteiger charge is -2.12. The molecule has 0 radical (unpaired) electrons. The highest BCUT2D eigenvalue weighted by atomic mass is 35.5. The number of amides is 2. The zero-order chi connectivity index (χ0) is 23.3. The van der Waals surface area contributed by atoms with E-state index >= 15 is 0 Å². The molecule has 3 rings (SSSR count). The molecule has 3 aromatic rings. The number of carbonyl (C=O) groups excluding carboxylic acids is 2. The van der Waals surface area contributed by atoms with Gasteiger partial charge >= 0.3 is 0 Å². The highest BCUT2D eigenvalue weighted by molar-refractivity contribution is 6.42. The van der Waals surface area contributed by atoms with E-state index in [9.17, 15) is 9.59 Å². The molecule has 0 aliphatic carbocycles. The Morgan fingerprint density at radius 3 is 2.53 bits per heavy atom. The summed E-state index contributed by atoms with van der Waals surface area (Å²) in [5, 5.41) is 12.6. The second-order valence-corrected chi connectivity index (χ2v) is 7.66. The van der Waals surface area contributed by atoms with Gasteiger partial charge in [-0.3, -0.25) is 14.8 Å². The van der Waals surface area contributed by atoms with Crippen LogP contribution in [0.15, 0.2) is 48.7 Å². The highest BCUT2D eigenvalue weighted by Crippen LogP contribution is 2.29. The van der Waals surface area contributed by atoms with Crippen LogP contribution in [0.4, 0.5) is 0 Å². The minimum absolute atomic E-state index is 0.00147. The van der Waals surface area contributed by atoms with Crippen molar-refractivity contribution in [3.05, 3.63) is 81.1 Å². The smallest absolute Gasteiger partial charge is 0.279 e. The van der Waals surface area contributed by atoms with Gasteiger partial charge in [0.15, 0.2) is 5.75 Å². The molecular weight excluding hydrogens is 457 g/mol. The average molecular weight is 478 g/mol. The maximum absolute atomic E-state index is 13.0. The standard InChI is InChI=1S/C22H21Cl2N3O5/c1-27-11-16(21(28)26-30)20(32-12-14-6-7-17(23)18(24)9-14)19(27)22(29)25-10-13-4-3-5-15(8-13)31-2/h3-9,11,30H,10,12H2,1-2H3,(H,25,29)(H,26,28). The lowest BCUT2D eigenvalue weighted by atomic mass is 10.2. The Balaban J connectivity index is 1.85. The normalized spacial score (nSPS) is 10.5. The summed E-state index contributed by atoms with van der Waals surface area (Å²) in [5.41, 5.74) is 3.20. The molecule has 8 nitrogen and oxygen atoms in total. The first-order chi connectivity index (χ1) is 15.3. The summed E-state index contributed by atoms with van der Waals surface area (Å²) in [5.74, 6) is -0.579. The van der Waals surface area contributed by atoms with Crippen LogP contribution in [0.25, 0.3) is 0 Å². The van der Waals surface area contributed by atoms with Crippen molar-refractivity contribution in [2.75, 3.05) is 7.11 Å². The molecule has 2 amide bonds. The van der Waals surface area contributed by atoms with Gasteiger partial charge in [0.25, 0.3) is 11.8 Å². The predicted molar refractivity (Wildman–Crippen MR) is 120 cm³/mol. The minimum Gasteiger partial charge on any atom is -0.497 e. The number of hydrogen-bond donors (Lipinski definition) is 3. The van der Waals surface area contributed by atoms with Crippen LogP contribution in [0.2, 0.25) is 10.0 Å². The topological polar surface area (TPSA) is 102 Å². The van der Waals surface area contributed by atoms with E-state index in [4.69, 9.17) is 37.9 Å². The third kappa shape index (κ3) is 5.34. The Labute approximate surface area is 194 Å². The summed E-state index contributed by atoms with van der Waals surface area (Å²) in [6.07, 6.45) is 1.40. The Bertz CT molecular complexity index is 1150. The number of hydroxylamine groups is 1. The zero-order valence-electron chi connectivity index (χ0n) is 17.3. The van der Waals surface area contributed by atoms with E-state index in [0.29, 0.717) is 21.4 Å². The number of methoxy groups -OCH3 is 1. The van der Waals surface area contributed by atoms with Crippen molar-refractivity contribution >= 4 is 35.0 Å². The Morgan fingerprint density at radius 1 is 1.06 bits per heavy atom. The SMILES string of the molecule is COc1cccc(CNC(=O)c2c(OCc3ccc(Cl)c(Cl)c3)c(C(=O)NO)cn2C)c1. The summed E-state index contributed by atoms with van der Waals surface area (Å²) in [6, 6.07) is 12.2. The number of rotatable bonds is 8. The number of aromatic nitrogens is 1. The van der Waals surface area contributed by atoms with E-state index in [-0.39, 0.29) is 30.2 Å². The van der Waals surface area contributed by atoms with Crippen LogP contribution >= 0.6 is 23.2 Å². The fraction of sp³-hybridized carbons (Fsp3) is 0.182. The van der Waals surface area contributed by atoms with Gasteiger partial charge in [0, 0.05) is 19.8 Å². The van der Waals surface area contributed by atoms with E-state index in [1.54, 1.807) is 50.0 Å². The molecule has 10 heteroatoms. The minimum atomic E-state index is -0.809. The Kier molecular flexibility index (Phi) is 7.63. The molecule has 168 valence electrons. The van der Waals surface area contributed by atoms with Crippen LogP contribution in [-0.2, 0) is 20.2 Å². The second-order valence-electron chi connectivity index (χ2n) is 6.84. The third-order valence-corrected chi connectivity index (χ3v) is 5.39. The van der Waals surface area contributed by atoms with Crippen molar-refractivity contribution < 1.29 is 24.3 Å². The number of ether oxygens (including phenoxy) is 2. The fourth-order valence-electron chi connectivity index (χ4n) is 3.07. The first-order valence-electron chi connectivity index (χ1n) is 9.45. The summed E-state index contributed by atoms with van der Waals surface area (Å²) in [6.45, 7) is 0.248. The van der Waals surface area contributed by atoms with Crippen molar-refractivity contribution in [2.45, 2.75) is 13.2 Å². The molecule has 2 aromatic carbocycles. The summed E-state index contributed by atoms with van der Waals surface area (Å²) in [4.78, 5) is 25.1. The first kappa shape index (κ1) is 23.5. The van der Waals surface area contributed by atoms with Gasteiger partial charge in [0.2, 0.25) is 0 Å². The Hall–Kier alpha value is -3.20. The van der Waals surface area contributed by atoms with E-state index in [0.717, 1.165) is 5.56 Å². The number of aryl methyl sites for hydroxylation is 1. The average Bonchev–Trinajstić information content (AvgIpc) is 3.13. The molecule has 0 saturated carbocycles. The predicted octanol–water partition coefficient (Wildman–Crippen LogP) is 3.97.